The summed E-state index contributed by atoms with van der Waals surface area (Å²) in [6, 6.07) is 0. The van der Waals surface area contributed by atoms with E-state index in [4.69, 9.17) is 5.11 Å². The van der Waals surface area contributed by atoms with Crippen LogP contribution in [-0.2, 0) is 19.1 Å². The molecule has 0 aromatic heterocycles. The van der Waals surface area contributed by atoms with E-state index in [-0.39, 0.29) is 5.57 Å². The number of ether oxygens (including phenoxy) is 1. The number of rotatable bonds is 3. The number of carboxylic acid groups (broad SMARTS) is 1. The number of aliphatic carboxylic acids is 1. The highest BCUT2D eigenvalue weighted by molar-refractivity contribution is 5.86. The quantitative estimate of drug-likeness (QED) is 0.432. The second-order valence-electron chi connectivity index (χ2n) is 2.20. The van der Waals surface area contributed by atoms with Crippen LogP contribution < -0.4 is 0 Å². The molecular formula is C8H10F2O5. The Hall–Kier alpha value is -1.79. The lowest BCUT2D eigenvalue weighted by Gasteiger charge is -1.92. The van der Waals surface area contributed by atoms with Crippen molar-refractivity contribution in [3.05, 3.63) is 12.2 Å². The van der Waals surface area contributed by atoms with Crippen LogP contribution in [0.2, 0.25) is 0 Å². The molecular weight excluding hydrogens is 214 g/mol. The van der Waals surface area contributed by atoms with E-state index in [2.05, 4.69) is 11.3 Å². The lowest BCUT2D eigenvalue weighted by molar-refractivity contribution is -0.160. The molecule has 86 valence electrons. The van der Waals surface area contributed by atoms with Crippen molar-refractivity contribution in [2.75, 3.05) is 13.3 Å². The molecule has 0 fully saturated rings. The first-order chi connectivity index (χ1) is 6.84. The van der Waals surface area contributed by atoms with Gasteiger partial charge < -0.3 is 9.84 Å². The van der Waals surface area contributed by atoms with Crippen molar-refractivity contribution >= 4 is 17.9 Å². The third kappa shape index (κ3) is 12.2. The van der Waals surface area contributed by atoms with Crippen LogP contribution in [0.15, 0.2) is 12.2 Å². The maximum Gasteiger partial charge on any atom is 0.345 e. The van der Waals surface area contributed by atoms with Crippen molar-refractivity contribution in [2.45, 2.75) is 6.92 Å². The number of hydrogen-bond donors (Lipinski definition) is 1. The molecule has 0 saturated carbocycles. The molecule has 0 aliphatic heterocycles. The molecule has 7 heteroatoms. The molecule has 0 radical (unpaired) electrons. The molecule has 0 rings (SSSR count). The average Bonchev–Trinajstić information content (AvgIpc) is 2.18. The van der Waals surface area contributed by atoms with E-state index >= 15 is 0 Å². The van der Waals surface area contributed by atoms with Gasteiger partial charge in [0.2, 0.25) is 0 Å². The third-order valence-corrected chi connectivity index (χ3v) is 0.811. The van der Waals surface area contributed by atoms with Crippen molar-refractivity contribution in [1.29, 1.82) is 0 Å². The monoisotopic (exact) mass is 224 g/mol. The molecule has 0 aliphatic carbocycles. The van der Waals surface area contributed by atoms with Gasteiger partial charge in [-0.1, -0.05) is 6.58 Å². The maximum absolute atomic E-state index is 11.1. The number of carbonyl (C=O) groups excluding carboxylic acids is 2. The van der Waals surface area contributed by atoms with Gasteiger partial charge in [-0.25, -0.2) is 23.2 Å². The summed E-state index contributed by atoms with van der Waals surface area (Å²) in [6.07, 6.45) is 0. The van der Waals surface area contributed by atoms with E-state index in [0.717, 1.165) is 0 Å². The number of hydrogen-bond acceptors (Lipinski definition) is 4. The fourth-order valence-corrected chi connectivity index (χ4v) is 0.182. The highest BCUT2D eigenvalue weighted by atomic mass is 19.1. The van der Waals surface area contributed by atoms with E-state index in [9.17, 15) is 23.2 Å². The van der Waals surface area contributed by atoms with Gasteiger partial charge in [-0.15, -0.1) is 0 Å². The molecule has 0 amide bonds. The SMILES string of the molecule is C=C(C)C(=O)O.O=C(CF)OC(=O)CF. The first kappa shape index (κ1) is 15.7. The summed E-state index contributed by atoms with van der Waals surface area (Å²) < 4.78 is 25.8. The van der Waals surface area contributed by atoms with Gasteiger partial charge in [0.1, 0.15) is 0 Å². The molecule has 15 heavy (non-hydrogen) atoms. The second kappa shape index (κ2) is 8.79. The topological polar surface area (TPSA) is 80.7 Å². The Kier molecular flexibility index (Phi) is 9.19. The molecule has 0 atom stereocenters. The second-order valence-corrected chi connectivity index (χ2v) is 2.20. The molecule has 0 spiro atoms. The molecule has 5 nitrogen and oxygen atoms in total. The zero-order valence-corrected chi connectivity index (χ0v) is 7.96. The minimum absolute atomic E-state index is 0.176. The summed E-state index contributed by atoms with van der Waals surface area (Å²) in [4.78, 5) is 29.2. The average molecular weight is 224 g/mol. The summed E-state index contributed by atoms with van der Waals surface area (Å²) in [7, 11) is 0. The summed E-state index contributed by atoms with van der Waals surface area (Å²) >= 11 is 0. The Morgan fingerprint density at radius 3 is 1.60 bits per heavy atom. The molecule has 0 aromatic carbocycles. The number of halogens is 2. The minimum atomic E-state index is -1.41. The van der Waals surface area contributed by atoms with Crippen LogP contribution in [0.1, 0.15) is 6.92 Å². The van der Waals surface area contributed by atoms with Crippen LogP contribution in [0.3, 0.4) is 0 Å². The van der Waals surface area contributed by atoms with E-state index in [0.29, 0.717) is 0 Å². The van der Waals surface area contributed by atoms with Crippen molar-refractivity contribution in [3.8, 4) is 0 Å². The van der Waals surface area contributed by atoms with Gasteiger partial charge in [0.15, 0.2) is 13.3 Å². The van der Waals surface area contributed by atoms with Crippen LogP contribution in [0.4, 0.5) is 8.78 Å². The Morgan fingerprint density at radius 1 is 1.20 bits per heavy atom. The smallest absolute Gasteiger partial charge is 0.345 e. The van der Waals surface area contributed by atoms with Gasteiger partial charge in [0, 0.05) is 5.57 Å². The van der Waals surface area contributed by atoms with E-state index in [1.165, 1.54) is 6.92 Å². The van der Waals surface area contributed by atoms with E-state index in [1.807, 2.05) is 0 Å². The van der Waals surface area contributed by atoms with Crippen LogP contribution in [0, 0.1) is 0 Å². The van der Waals surface area contributed by atoms with E-state index < -0.39 is 31.3 Å². The van der Waals surface area contributed by atoms with Crippen LogP contribution in [0.5, 0.6) is 0 Å². The fraction of sp³-hybridized carbons (Fsp3) is 0.375. The van der Waals surface area contributed by atoms with Crippen molar-refractivity contribution in [2.24, 2.45) is 0 Å². The molecule has 0 bridgehead atoms. The molecule has 0 unspecified atom stereocenters. The van der Waals surface area contributed by atoms with Crippen LogP contribution in [-0.4, -0.2) is 36.4 Å². The third-order valence-electron chi connectivity index (χ3n) is 0.811. The number of alkyl halides is 2. The summed E-state index contributed by atoms with van der Waals surface area (Å²) in [5, 5.41) is 7.89. The summed E-state index contributed by atoms with van der Waals surface area (Å²) in [6.45, 7) is 1.78. The highest BCUT2D eigenvalue weighted by Gasteiger charge is 2.07. The highest BCUT2D eigenvalue weighted by Crippen LogP contribution is 1.82. The number of carboxylic acids is 1. The first-order valence-electron chi connectivity index (χ1n) is 3.59. The van der Waals surface area contributed by atoms with Gasteiger partial charge in [-0.3, -0.25) is 0 Å². The van der Waals surface area contributed by atoms with Gasteiger partial charge in [-0.05, 0) is 6.92 Å². The normalized spacial score (nSPS) is 8.20. The lowest BCUT2D eigenvalue weighted by atomic mass is 10.4. The largest absolute Gasteiger partial charge is 0.478 e. The lowest BCUT2D eigenvalue weighted by Crippen LogP contribution is -2.14. The zero-order chi connectivity index (χ0) is 12.4. The first-order valence-corrected chi connectivity index (χ1v) is 3.59. The number of esters is 2. The van der Waals surface area contributed by atoms with Crippen LogP contribution >= 0.6 is 0 Å². The predicted octanol–water partition coefficient (Wildman–Crippen LogP) is 0.642. The Bertz CT molecular complexity index is 236. The fourth-order valence-electron chi connectivity index (χ4n) is 0.182. The molecule has 0 heterocycles. The Morgan fingerprint density at radius 2 is 1.47 bits per heavy atom. The number of carbonyl (C=O) groups is 3. The Balaban J connectivity index is 0. The standard InChI is InChI=1S/C4H4F2O3.C4H6O2/c5-1-3(7)9-4(8)2-6;1-3(2)4(5)6/h1-2H2;1H2,2H3,(H,5,6). The molecule has 0 aromatic rings. The van der Waals surface area contributed by atoms with Gasteiger partial charge >= 0.3 is 17.9 Å². The zero-order valence-electron chi connectivity index (χ0n) is 7.96. The van der Waals surface area contributed by atoms with Crippen LogP contribution in [0.25, 0.3) is 0 Å². The molecule has 0 aliphatic rings. The Labute approximate surface area is 84.3 Å². The van der Waals surface area contributed by atoms with Crippen molar-refractivity contribution < 1.29 is 33.0 Å². The van der Waals surface area contributed by atoms with Crippen molar-refractivity contribution in [1.82, 2.24) is 0 Å². The predicted molar refractivity (Wildman–Crippen MR) is 45.5 cm³/mol. The van der Waals surface area contributed by atoms with Gasteiger partial charge in [0.05, 0.1) is 0 Å². The maximum atomic E-state index is 11.1. The van der Waals surface area contributed by atoms with Gasteiger partial charge in [-0.2, -0.15) is 0 Å². The van der Waals surface area contributed by atoms with Crippen molar-refractivity contribution in [3.63, 3.8) is 0 Å². The minimum Gasteiger partial charge on any atom is -0.478 e. The molecule has 1 N–H and O–H groups in total. The molecule has 0 saturated heterocycles. The summed E-state index contributed by atoms with van der Waals surface area (Å²) in [5.41, 5.74) is 0.176. The van der Waals surface area contributed by atoms with Gasteiger partial charge in [0.25, 0.3) is 0 Å². The summed E-state index contributed by atoms with van der Waals surface area (Å²) in [5.74, 6) is -3.66. The van der Waals surface area contributed by atoms with E-state index in [1.54, 1.807) is 0 Å².